The van der Waals surface area contributed by atoms with E-state index in [2.05, 4.69) is 20.2 Å². The van der Waals surface area contributed by atoms with Gasteiger partial charge in [-0.25, -0.2) is 14.4 Å². The summed E-state index contributed by atoms with van der Waals surface area (Å²) in [6.45, 7) is 4.94. The molecule has 1 fully saturated rings. The third-order valence-electron chi connectivity index (χ3n) is 5.07. The zero-order valence-electron chi connectivity index (χ0n) is 17.2. The van der Waals surface area contributed by atoms with Crippen molar-refractivity contribution in [3.8, 4) is 11.5 Å². The van der Waals surface area contributed by atoms with Crippen LogP contribution in [0, 0.1) is 5.82 Å². The number of hydrogen-bond donors (Lipinski definition) is 1. The molecule has 9 heteroatoms. The van der Waals surface area contributed by atoms with Crippen molar-refractivity contribution in [2.24, 2.45) is 0 Å². The van der Waals surface area contributed by atoms with Gasteiger partial charge in [-0.3, -0.25) is 4.90 Å². The number of rotatable bonds is 8. The van der Waals surface area contributed by atoms with E-state index in [0.29, 0.717) is 35.1 Å². The first-order chi connectivity index (χ1) is 15.1. The Hall–Kier alpha value is -2.68. The lowest BCUT2D eigenvalue weighted by Gasteiger charge is -2.26. The second-order valence-corrected chi connectivity index (χ2v) is 7.56. The quantitative estimate of drug-likeness (QED) is 0.518. The lowest BCUT2D eigenvalue weighted by molar-refractivity contribution is 0.0358. The molecular weight excluding hydrogens is 423 g/mol. The topological polar surface area (TPSA) is 68.7 Å². The molecule has 0 spiro atoms. The molecule has 31 heavy (non-hydrogen) atoms. The molecule has 2 aromatic carbocycles. The van der Waals surface area contributed by atoms with Crippen molar-refractivity contribution >= 4 is 34.0 Å². The van der Waals surface area contributed by atoms with Gasteiger partial charge in [0.25, 0.3) is 0 Å². The van der Waals surface area contributed by atoms with Crippen molar-refractivity contribution in [2.75, 3.05) is 51.9 Å². The average molecular weight is 447 g/mol. The highest BCUT2D eigenvalue weighted by Gasteiger charge is 2.15. The highest BCUT2D eigenvalue weighted by molar-refractivity contribution is 6.31. The first-order valence-corrected chi connectivity index (χ1v) is 10.5. The molecule has 3 aromatic rings. The Balaban J connectivity index is 1.56. The van der Waals surface area contributed by atoms with Gasteiger partial charge in [0.15, 0.2) is 0 Å². The molecule has 0 saturated carbocycles. The molecular formula is C22H24ClFN4O3. The molecule has 0 unspecified atom stereocenters. The number of aromatic nitrogens is 2. The zero-order chi connectivity index (χ0) is 21.6. The van der Waals surface area contributed by atoms with Crippen LogP contribution in [-0.2, 0) is 4.74 Å². The fourth-order valence-corrected chi connectivity index (χ4v) is 3.64. The van der Waals surface area contributed by atoms with Crippen LogP contribution in [0.25, 0.3) is 10.9 Å². The number of nitrogens with one attached hydrogen (secondary N) is 1. The molecule has 1 saturated heterocycles. The van der Waals surface area contributed by atoms with Crippen molar-refractivity contribution in [3.05, 3.63) is 47.5 Å². The van der Waals surface area contributed by atoms with E-state index in [0.717, 1.165) is 44.7 Å². The number of hydrogen-bond acceptors (Lipinski definition) is 7. The molecule has 164 valence electrons. The van der Waals surface area contributed by atoms with E-state index in [1.165, 1.54) is 18.5 Å². The highest BCUT2D eigenvalue weighted by atomic mass is 35.5. The van der Waals surface area contributed by atoms with Gasteiger partial charge in [-0.2, -0.15) is 0 Å². The zero-order valence-corrected chi connectivity index (χ0v) is 18.0. The van der Waals surface area contributed by atoms with Gasteiger partial charge in [0, 0.05) is 37.5 Å². The van der Waals surface area contributed by atoms with E-state index in [-0.39, 0.29) is 5.02 Å². The molecule has 1 N–H and O–H groups in total. The predicted octanol–water partition coefficient (Wildman–Crippen LogP) is 4.28. The van der Waals surface area contributed by atoms with E-state index in [1.807, 2.05) is 12.1 Å². The van der Waals surface area contributed by atoms with Gasteiger partial charge in [0.05, 0.1) is 42.9 Å². The van der Waals surface area contributed by atoms with E-state index < -0.39 is 5.82 Å². The first kappa shape index (κ1) is 21.5. The Labute approximate surface area is 185 Å². The van der Waals surface area contributed by atoms with E-state index in [1.54, 1.807) is 13.2 Å². The number of benzene rings is 2. The maximum atomic E-state index is 13.5. The van der Waals surface area contributed by atoms with Crippen LogP contribution in [0.15, 0.2) is 36.7 Å². The maximum Gasteiger partial charge on any atom is 0.145 e. The van der Waals surface area contributed by atoms with E-state index in [4.69, 9.17) is 25.8 Å². The third kappa shape index (κ3) is 5.33. The van der Waals surface area contributed by atoms with Crippen molar-refractivity contribution < 1.29 is 18.6 Å². The third-order valence-corrected chi connectivity index (χ3v) is 5.36. The first-order valence-electron chi connectivity index (χ1n) is 10.1. The number of nitrogens with zero attached hydrogens (tertiary/aromatic N) is 3. The van der Waals surface area contributed by atoms with Crippen molar-refractivity contribution in [2.45, 2.75) is 6.42 Å². The normalized spacial score (nSPS) is 14.5. The second kappa shape index (κ2) is 10.1. The minimum absolute atomic E-state index is 0.0321. The summed E-state index contributed by atoms with van der Waals surface area (Å²) in [5.41, 5.74) is 1.29. The number of fused-ring (bicyclic) bond motifs is 1. The fourth-order valence-electron chi connectivity index (χ4n) is 3.46. The van der Waals surface area contributed by atoms with Gasteiger partial charge < -0.3 is 19.5 Å². The SMILES string of the molecule is COc1cc(OCCCN2CCOCC2)c2c(Nc3ccc(F)c(Cl)c3)ncnc2c1. The molecule has 0 bridgehead atoms. The summed E-state index contributed by atoms with van der Waals surface area (Å²) in [6, 6.07) is 8.06. The van der Waals surface area contributed by atoms with Gasteiger partial charge in [0.1, 0.15) is 29.5 Å². The smallest absolute Gasteiger partial charge is 0.145 e. The van der Waals surface area contributed by atoms with Crippen molar-refractivity contribution in [3.63, 3.8) is 0 Å². The summed E-state index contributed by atoms with van der Waals surface area (Å²) < 4.78 is 30.4. The standard InChI is InChI=1S/C22H24ClFN4O3/c1-29-16-12-19-21(20(13-16)31-8-2-5-28-6-9-30-10-7-28)22(26-14-25-19)27-15-3-4-18(24)17(23)11-15/h3-4,11-14H,2,5-10H2,1H3,(H,25,26,27). The summed E-state index contributed by atoms with van der Waals surface area (Å²) in [5.74, 6) is 1.32. The lowest BCUT2D eigenvalue weighted by Crippen LogP contribution is -2.37. The Kier molecular flexibility index (Phi) is 7.01. The summed E-state index contributed by atoms with van der Waals surface area (Å²) >= 11 is 5.92. The van der Waals surface area contributed by atoms with Gasteiger partial charge in [0.2, 0.25) is 0 Å². The van der Waals surface area contributed by atoms with Crippen LogP contribution in [0.2, 0.25) is 5.02 Å². The van der Waals surface area contributed by atoms with Gasteiger partial charge in [-0.1, -0.05) is 11.6 Å². The van der Waals surface area contributed by atoms with Gasteiger partial charge in [-0.05, 0) is 24.6 Å². The predicted molar refractivity (Wildman–Crippen MR) is 118 cm³/mol. The lowest BCUT2D eigenvalue weighted by atomic mass is 10.2. The van der Waals surface area contributed by atoms with E-state index >= 15 is 0 Å². The Morgan fingerprint density at radius 2 is 2.03 bits per heavy atom. The Morgan fingerprint density at radius 1 is 1.19 bits per heavy atom. The minimum Gasteiger partial charge on any atom is -0.497 e. The highest BCUT2D eigenvalue weighted by Crippen LogP contribution is 2.35. The molecule has 1 aromatic heterocycles. The molecule has 0 amide bonds. The van der Waals surface area contributed by atoms with Crippen LogP contribution in [0.3, 0.4) is 0 Å². The molecule has 0 radical (unpaired) electrons. The molecule has 7 nitrogen and oxygen atoms in total. The molecule has 1 aliphatic rings. The summed E-state index contributed by atoms with van der Waals surface area (Å²) in [7, 11) is 1.60. The Morgan fingerprint density at radius 3 is 2.81 bits per heavy atom. The van der Waals surface area contributed by atoms with Crippen LogP contribution in [0.1, 0.15) is 6.42 Å². The number of methoxy groups -OCH3 is 1. The van der Waals surface area contributed by atoms with Crippen LogP contribution in [-0.4, -0.2) is 61.4 Å². The van der Waals surface area contributed by atoms with Crippen LogP contribution < -0.4 is 14.8 Å². The molecule has 0 aliphatic carbocycles. The van der Waals surface area contributed by atoms with Crippen molar-refractivity contribution in [1.29, 1.82) is 0 Å². The summed E-state index contributed by atoms with van der Waals surface area (Å²) in [4.78, 5) is 11.1. The monoisotopic (exact) mass is 446 g/mol. The largest absolute Gasteiger partial charge is 0.497 e. The van der Waals surface area contributed by atoms with Crippen LogP contribution in [0.4, 0.5) is 15.9 Å². The number of halogens is 2. The molecule has 1 aliphatic heterocycles. The van der Waals surface area contributed by atoms with Crippen molar-refractivity contribution in [1.82, 2.24) is 14.9 Å². The average Bonchev–Trinajstić information content (AvgIpc) is 2.79. The Bertz CT molecular complexity index is 1050. The number of anilines is 2. The molecule has 2 heterocycles. The molecule has 4 rings (SSSR count). The van der Waals surface area contributed by atoms with Crippen LogP contribution in [0.5, 0.6) is 11.5 Å². The maximum absolute atomic E-state index is 13.5. The second-order valence-electron chi connectivity index (χ2n) is 7.15. The minimum atomic E-state index is -0.478. The fraction of sp³-hybridized carbons (Fsp3) is 0.364. The summed E-state index contributed by atoms with van der Waals surface area (Å²) in [6.07, 6.45) is 2.33. The van der Waals surface area contributed by atoms with Gasteiger partial charge in [-0.15, -0.1) is 0 Å². The van der Waals surface area contributed by atoms with Crippen LogP contribution >= 0.6 is 11.6 Å². The number of morpholine rings is 1. The molecule has 0 atom stereocenters. The number of ether oxygens (including phenoxy) is 3. The van der Waals surface area contributed by atoms with Gasteiger partial charge >= 0.3 is 0 Å². The van der Waals surface area contributed by atoms with E-state index in [9.17, 15) is 4.39 Å². The summed E-state index contributed by atoms with van der Waals surface area (Å²) in [5, 5.41) is 3.94.